The standard InChI is InChI=1S/C14H21N3O/c15-8-12-4-2-6-17(10-12)9-11-3-1-5-13(7-11)14(16)18/h1,3,5,7,12H,2,4,6,8-10,15H2,(H2,16,18). The molecule has 1 aliphatic heterocycles. The Balaban J connectivity index is 2.00. The van der Waals surface area contributed by atoms with Gasteiger partial charge in [-0.1, -0.05) is 12.1 Å². The third kappa shape index (κ3) is 3.31. The molecular formula is C14H21N3O. The normalized spacial score (nSPS) is 20.8. The van der Waals surface area contributed by atoms with Crippen LogP contribution in [-0.2, 0) is 6.54 Å². The number of likely N-dealkylation sites (tertiary alicyclic amines) is 1. The second-order valence-electron chi connectivity index (χ2n) is 5.04. The molecule has 4 N–H and O–H groups in total. The summed E-state index contributed by atoms with van der Waals surface area (Å²) in [6.07, 6.45) is 2.44. The van der Waals surface area contributed by atoms with Crippen LogP contribution in [0.2, 0.25) is 0 Å². The van der Waals surface area contributed by atoms with Crippen LogP contribution < -0.4 is 11.5 Å². The lowest BCUT2D eigenvalue weighted by Gasteiger charge is -2.32. The maximum Gasteiger partial charge on any atom is 0.248 e. The number of benzene rings is 1. The first-order valence-corrected chi connectivity index (χ1v) is 6.50. The summed E-state index contributed by atoms with van der Waals surface area (Å²) < 4.78 is 0. The van der Waals surface area contributed by atoms with Gasteiger partial charge in [-0.3, -0.25) is 9.69 Å². The van der Waals surface area contributed by atoms with Gasteiger partial charge in [0.25, 0.3) is 0 Å². The highest BCUT2D eigenvalue weighted by Crippen LogP contribution is 2.18. The highest BCUT2D eigenvalue weighted by atomic mass is 16.1. The number of carbonyl (C=O) groups is 1. The van der Waals surface area contributed by atoms with Crippen molar-refractivity contribution in [3.8, 4) is 0 Å². The zero-order chi connectivity index (χ0) is 13.0. The van der Waals surface area contributed by atoms with Gasteiger partial charge in [0, 0.05) is 18.7 Å². The molecule has 1 amide bonds. The molecule has 1 atom stereocenters. The van der Waals surface area contributed by atoms with Crippen LogP contribution in [0.4, 0.5) is 0 Å². The third-order valence-corrected chi connectivity index (χ3v) is 3.55. The van der Waals surface area contributed by atoms with Crippen LogP contribution in [0.5, 0.6) is 0 Å². The summed E-state index contributed by atoms with van der Waals surface area (Å²) in [5, 5.41) is 0. The Morgan fingerprint density at radius 2 is 2.28 bits per heavy atom. The SMILES string of the molecule is NCC1CCCN(Cc2cccc(C(N)=O)c2)C1. The summed E-state index contributed by atoms with van der Waals surface area (Å²) >= 11 is 0. The summed E-state index contributed by atoms with van der Waals surface area (Å²) in [6, 6.07) is 7.57. The molecule has 1 aromatic rings. The van der Waals surface area contributed by atoms with E-state index in [-0.39, 0.29) is 5.91 Å². The van der Waals surface area contributed by atoms with E-state index in [9.17, 15) is 4.79 Å². The van der Waals surface area contributed by atoms with Crippen LogP contribution in [0.1, 0.15) is 28.8 Å². The molecule has 0 saturated carbocycles. The first-order chi connectivity index (χ1) is 8.69. The van der Waals surface area contributed by atoms with Crippen LogP contribution >= 0.6 is 0 Å². The number of hydrogen-bond donors (Lipinski definition) is 2. The van der Waals surface area contributed by atoms with Crippen molar-refractivity contribution >= 4 is 5.91 Å². The molecule has 1 saturated heterocycles. The summed E-state index contributed by atoms with van der Waals surface area (Å²) in [6.45, 7) is 3.80. The predicted octanol–water partition coefficient (Wildman–Crippen LogP) is 0.956. The maximum atomic E-state index is 11.1. The molecule has 1 fully saturated rings. The molecule has 4 heteroatoms. The maximum absolute atomic E-state index is 11.1. The van der Waals surface area contributed by atoms with Gasteiger partial charge in [0.05, 0.1) is 0 Å². The quantitative estimate of drug-likeness (QED) is 0.832. The van der Waals surface area contributed by atoms with Gasteiger partial charge in [-0.15, -0.1) is 0 Å². The Labute approximate surface area is 108 Å². The van der Waals surface area contributed by atoms with E-state index in [2.05, 4.69) is 4.90 Å². The van der Waals surface area contributed by atoms with Crippen molar-refractivity contribution in [2.75, 3.05) is 19.6 Å². The zero-order valence-corrected chi connectivity index (χ0v) is 10.6. The number of nitrogens with two attached hydrogens (primary N) is 2. The summed E-state index contributed by atoms with van der Waals surface area (Å²) in [4.78, 5) is 13.5. The Morgan fingerprint density at radius 3 is 3.00 bits per heavy atom. The van der Waals surface area contributed by atoms with Crippen molar-refractivity contribution in [1.82, 2.24) is 4.90 Å². The van der Waals surface area contributed by atoms with Gasteiger partial charge in [0.1, 0.15) is 0 Å². The Kier molecular flexibility index (Phi) is 4.33. The van der Waals surface area contributed by atoms with E-state index in [4.69, 9.17) is 11.5 Å². The molecule has 1 aromatic carbocycles. The smallest absolute Gasteiger partial charge is 0.248 e. The second kappa shape index (κ2) is 5.98. The van der Waals surface area contributed by atoms with E-state index in [1.165, 1.54) is 12.8 Å². The monoisotopic (exact) mass is 247 g/mol. The molecule has 0 aromatic heterocycles. The molecule has 2 rings (SSSR count). The molecule has 18 heavy (non-hydrogen) atoms. The van der Waals surface area contributed by atoms with Gasteiger partial charge >= 0.3 is 0 Å². The predicted molar refractivity (Wildman–Crippen MR) is 72.0 cm³/mol. The Hall–Kier alpha value is -1.39. The lowest BCUT2D eigenvalue weighted by Crippen LogP contribution is -2.37. The van der Waals surface area contributed by atoms with Crippen LogP contribution in [0, 0.1) is 5.92 Å². The number of primary amides is 1. The fourth-order valence-electron chi connectivity index (χ4n) is 2.57. The van der Waals surface area contributed by atoms with E-state index >= 15 is 0 Å². The van der Waals surface area contributed by atoms with E-state index in [0.717, 1.165) is 31.7 Å². The summed E-state index contributed by atoms with van der Waals surface area (Å²) in [7, 11) is 0. The highest BCUT2D eigenvalue weighted by molar-refractivity contribution is 5.92. The summed E-state index contributed by atoms with van der Waals surface area (Å²) in [5.74, 6) is 0.244. The van der Waals surface area contributed by atoms with E-state index in [1.54, 1.807) is 6.07 Å². The van der Waals surface area contributed by atoms with E-state index in [1.807, 2.05) is 18.2 Å². The highest BCUT2D eigenvalue weighted by Gasteiger charge is 2.18. The lowest BCUT2D eigenvalue weighted by molar-refractivity contribution is 0.1000. The molecule has 1 heterocycles. The molecule has 98 valence electrons. The van der Waals surface area contributed by atoms with E-state index < -0.39 is 0 Å². The van der Waals surface area contributed by atoms with Crippen molar-refractivity contribution < 1.29 is 4.79 Å². The second-order valence-corrected chi connectivity index (χ2v) is 5.04. The number of amides is 1. The van der Waals surface area contributed by atoms with Crippen LogP contribution in [0.15, 0.2) is 24.3 Å². The molecule has 1 unspecified atom stereocenters. The average Bonchev–Trinajstić information content (AvgIpc) is 2.39. The molecule has 1 aliphatic rings. The van der Waals surface area contributed by atoms with Gasteiger partial charge in [0.2, 0.25) is 5.91 Å². The number of nitrogens with zero attached hydrogens (tertiary/aromatic N) is 1. The van der Waals surface area contributed by atoms with Gasteiger partial charge in [0.15, 0.2) is 0 Å². The van der Waals surface area contributed by atoms with Crippen LogP contribution in [-0.4, -0.2) is 30.4 Å². The Bertz CT molecular complexity index is 419. The average molecular weight is 247 g/mol. The zero-order valence-electron chi connectivity index (χ0n) is 10.6. The lowest BCUT2D eigenvalue weighted by atomic mass is 9.97. The van der Waals surface area contributed by atoms with Crippen molar-refractivity contribution in [3.63, 3.8) is 0 Å². The minimum absolute atomic E-state index is 0.365. The topological polar surface area (TPSA) is 72.3 Å². The first kappa shape index (κ1) is 13.1. The number of piperidine rings is 1. The fourth-order valence-corrected chi connectivity index (χ4v) is 2.57. The fraction of sp³-hybridized carbons (Fsp3) is 0.500. The van der Waals surface area contributed by atoms with E-state index in [0.29, 0.717) is 11.5 Å². The Morgan fingerprint density at radius 1 is 1.44 bits per heavy atom. The van der Waals surface area contributed by atoms with Crippen molar-refractivity contribution in [1.29, 1.82) is 0 Å². The molecule has 0 bridgehead atoms. The molecule has 0 spiro atoms. The van der Waals surface area contributed by atoms with Crippen molar-refractivity contribution in [2.45, 2.75) is 19.4 Å². The minimum Gasteiger partial charge on any atom is -0.366 e. The van der Waals surface area contributed by atoms with Gasteiger partial charge in [-0.2, -0.15) is 0 Å². The van der Waals surface area contributed by atoms with Crippen molar-refractivity contribution in [2.24, 2.45) is 17.4 Å². The number of rotatable bonds is 4. The van der Waals surface area contributed by atoms with Crippen LogP contribution in [0.25, 0.3) is 0 Å². The van der Waals surface area contributed by atoms with Gasteiger partial charge in [-0.25, -0.2) is 0 Å². The molecule has 0 radical (unpaired) electrons. The van der Waals surface area contributed by atoms with Gasteiger partial charge < -0.3 is 11.5 Å². The third-order valence-electron chi connectivity index (χ3n) is 3.55. The molecule has 0 aliphatic carbocycles. The van der Waals surface area contributed by atoms with Crippen molar-refractivity contribution in [3.05, 3.63) is 35.4 Å². The first-order valence-electron chi connectivity index (χ1n) is 6.50. The minimum atomic E-state index is -0.365. The molecule has 4 nitrogen and oxygen atoms in total. The number of carbonyl (C=O) groups excluding carboxylic acids is 1. The molecular weight excluding hydrogens is 226 g/mol. The largest absolute Gasteiger partial charge is 0.366 e. The van der Waals surface area contributed by atoms with Gasteiger partial charge in [-0.05, 0) is 49.5 Å². The summed E-state index contributed by atoms with van der Waals surface area (Å²) in [5.41, 5.74) is 12.8. The van der Waals surface area contributed by atoms with Crippen LogP contribution in [0.3, 0.4) is 0 Å². The number of hydrogen-bond acceptors (Lipinski definition) is 3.